The van der Waals surface area contributed by atoms with Gasteiger partial charge in [-0.1, -0.05) is 91.0 Å². The van der Waals surface area contributed by atoms with Crippen molar-refractivity contribution >= 4 is 67.6 Å². The van der Waals surface area contributed by atoms with Crippen LogP contribution in [-0.4, -0.2) is 24.2 Å². The summed E-state index contributed by atoms with van der Waals surface area (Å²) in [6, 6.07) is 55.0. The molecule has 5 aromatic carbocycles. The molecule has 2 nitrogen and oxygen atoms in total. The van der Waals surface area contributed by atoms with Crippen molar-refractivity contribution in [2.24, 2.45) is 10.9 Å². The molecule has 0 bridgehead atoms. The van der Waals surface area contributed by atoms with Gasteiger partial charge in [0, 0.05) is 0 Å². The first-order valence-electron chi connectivity index (χ1n) is 15.8. The van der Waals surface area contributed by atoms with Crippen molar-refractivity contribution in [1.82, 2.24) is 0 Å². The molecular weight excluding hydrogens is 732 g/mol. The topological polar surface area (TPSA) is 21.6 Å². The van der Waals surface area contributed by atoms with Crippen LogP contribution < -0.4 is 26.5 Å². The molecule has 3 atom stereocenters. The largest absolute Gasteiger partial charge is 0.102 e. The van der Waals surface area contributed by atoms with Crippen LogP contribution in [0, 0.1) is 5.92 Å². The third-order valence-corrected chi connectivity index (χ3v) is 14.5. The Morgan fingerprint density at radius 2 is 0.957 bits per heavy atom. The molecule has 0 amide bonds. The number of halogens is 2. The fourth-order valence-electron chi connectivity index (χ4n) is 6.45. The zero-order valence-electron chi connectivity index (χ0n) is 26.0. The maximum atomic E-state index is 5.97. The van der Waals surface area contributed by atoms with Gasteiger partial charge in [-0.15, -0.1) is 0 Å². The molecular formula is C39H41Cl2NOP2Ru+2. The molecule has 7 rings (SSSR count). The van der Waals surface area contributed by atoms with Crippen LogP contribution in [0.1, 0.15) is 26.2 Å². The third-order valence-electron chi connectivity index (χ3n) is 8.38. The molecule has 238 valence electrons. The molecule has 0 saturated heterocycles. The Kier molecular flexibility index (Phi) is 14.3. The maximum absolute atomic E-state index is 5.97. The van der Waals surface area contributed by atoms with E-state index in [4.69, 9.17) is 29.1 Å². The molecule has 1 aliphatic heterocycles. The average molecular weight is 774 g/mol. The van der Waals surface area contributed by atoms with Crippen molar-refractivity contribution in [3.8, 4) is 0 Å². The van der Waals surface area contributed by atoms with Crippen LogP contribution in [0.25, 0.3) is 0 Å². The predicted octanol–water partition coefficient (Wildman–Crippen LogP) is 8.39. The molecule has 1 fully saturated rings. The number of benzene rings is 5. The van der Waals surface area contributed by atoms with E-state index in [9.17, 15) is 0 Å². The molecule has 2 unspecified atom stereocenters. The van der Waals surface area contributed by atoms with E-state index in [1.165, 1.54) is 45.8 Å². The Balaban J connectivity index is 0.000000171. The van der Waals surface area contributed by atoms with Crippen molar-refractivity contribution in [2.75, 3.05) is 6.61 Å². The maximum Gasteiger partial charge on any atom is 0.102 e. The standard InChI is InChI=1S/C21H24NOP.C18H15P.2ClH.Ru/c1-16-15-23-21(22-16)19-13-8-14-20(19)24(17-9-4-2-5-10-17)18-11-6-3-7-12-18;1-4-10-16(11-5-1)19(17-12-6-2-7-13-17)18-14-8-3-9-15-18;;;/h2-7,9-12,16,19-20H,8,13-15H2,1H3;1-15H;2*1H;/q;;;;+2/t16-,19?,20?;;;;/m0..../s1. The number of nitrogens with zero attached hydrogens (tertiary/aromatic N) is 1. The van der Waals surface area contributed by atoms with Crippen molar-refractivity contribution in [2.45, 2.75) is 37.9 Å². The summed E-state index contributed by atoms with van der Waals surface area (Å²) >= 11 is -0.346. The van der Waals surface area contributed by atoms with Crippen LogP contribution in [-0.2, 0) is 19.9 Å². The summed E-state index contributed by atoms with van der Waals surface area (Å²) in [4.78, 5) is 4.80. The van der Waals surface area contributed by atoms with E-state index in [0.717, 1.165) is 12.5 Å². The first kappa shape index (κ1) is 35.0. The second-order valence-corrected chi connectivity index (χ2v) is 19.3. The van der Waals surface area contributed by atoms with Gasteiger partial charge in [-0.3, -0.25) is 0 Å². The summed E-state index contributed by atoms with van der Waals surface area (Å²) in [5.41, 5.74) is 0.670. The Hall–Kier alpha value is -2.37. The third kappa shape index (κ3) is 9.60. The van der Waals surface area contributed by atoms with Crippen LogP contribution >= 0.6 is 35.2 Å². The quantitative estimate of drug-likeness (QED) is 0.120. The van der Waals surface area contributed by atoms with E-state index in [2.05, 4.69) is 159 Å². The molecule has 46 heavy (non-hydrogen) atoms. The van der Waals surface area contributed by atoms with Crippen LogP contribution in [0.15, 0.2) is 157 Å². The van der Waals surface area contributed by atoms with E-state index in [1.54, 1.807) is 0 Å². The molecule has 0 spiro atoms. The van der Waals surface area contributed by atoms with Gasteiger partial charge in [-0.2, -0.15) is 0 Å². The van der Waals surface area contributed by atoms with E-state index in [1.807, 2.05) is 0 Å². The van der Waals surface area contributed by atoms with Gasteiger partial charge in [0.2, 0.25) is 0 Å². The first-order valence-corrected chi connectivity index (χ1v) is 23.3. The summed E-state index contributed by atoms with van der Waals surface area (Å²) in [5, 5.41) is 7.33. The Morgan fingerprint density at radius 3 is 1.30 bits per heavy atom. The van der Waals surface area contributed by atoms with Crippen LogP contribution in [0.4, 0.5) is 0 Å². The second-order valence-electron chi connectivity index (χ2n) is 11.4. The second kappa shape index (κ2) is 18.8. The van der Waals surface area contributed by atoms with Crippen LogP contribution in [0.5, 0.6) is 0 Å². The van der Waals surface area contributed by atoms with Crippen molar-refractivity contribution < 1.29 is 19.9 Å². The number of hydrogen-bond donors (Lipinski definition) is 0. The van der Waals surface area contributed by atoms with E-state index in [0.29, 0.717) is 17.6 Å². The smallest absolute Gasteiger partial charge is 0.0620 e. The zero-order chi connectivity index (χ0) is 32.0. The fourth-order valence-corrected chi connectivity index (χ4v) is 12.5. The summed E-state index contributed by atoms with van der Waals surface area (Å²) in [6.45, 7) is 2.91. The number of ether oxygens (including phenoxy) is 1. The summed E-state index contributed by atoms with van der Waals surface area (Å²) < 4.78 is 5.97. The van der Waals surface area contributed by atoms with Gasteiger partial charge in [-0.25, -0.2) is 4.99 Å². The Labute approximate surface area is 292 Å². The van der Waals surface area contributed by atoms with Gasteiger partial charge in [0.25, 0.3) is 0 Å². The van der Waals surface area contributed by atoms with Crippen molar-refractivity contribution in [3.05, 3.63) is 152 Å². The fraction of sp³-hybridized carbons (Fsp3) is 0.205. The Bertz CT molecular complexity index is 1470. The molecule has 0 aromatic heterocycles. The Morgan fingerprint density at radius 1 is 0.587 bits per heavy atom. The van der Waals surface area contributed by atoms with Gasteiger partial charge >= 0.3 is 34.5 Å². The van der Waals surface area contributed by atoms with Gasteiger partial charge in [0.05, 0.1) is 44.1 Å². The minimum atomic E-state index is -0.877. The summed E-state index contributed by atoms with van der Waals surface area (Å²) in [6.07, 6.45) is 3.81. The van der Waals surface area contributed by atoms with E-state index in [-0.39, 0.29) is 15.1 Å². The van der Waals surface area contributed by atoms with Gasteiger partial charge in [0.15, 0.2) is 5.90 Å². The van der Waals surface area contributed by atoms with Gasteiger partial charge in [-0.05, 0) is 86.8 Å². The van der Waals surface area contributed by atoms with Crippen molar-refractivity contribution in [1.29, 1.82) is 0 Å². The van der Waals surface area contributed by atoms with Crippen LogP contribution in [0.3, 0.4) is 0 Å². The molecule has 1 aliphatic carbocycles. The summed E-state index contributed by atoms with van der Waals surface area (Å²) in [5.74, 6) is 1.55. The average Bonchev–Trinajstić information content (AvgIpc) is 3.77. The number of rotatable bonds is 7. The molecule has 0 radical (unpaired) electrons. The molecule has 7 heteroatoms. The van der Waals surface area contributed by atoms with Crippen molar-refractivity contribution in [3.63, 3.8) is 0 Å². The van der Waals surface area contributed by atoms with Crippen LogP contribution in [0.2, 0.25) is 0 Å². The SMILES string of the molecule is C[C@H]1COC(C2CCCC2[PH+](c2ccccc2)c2ccccc2)=N1.[Cl][Ru][Cl].c1ccc([PH+](c2ccccc2)c2ccccc2)cc1. The monoisotopic (exact) mass is 773 g/mol. The summed E-state index contributed by atoms with van der Waals surface area (Å²) in [7, 11) is 7.99. The normalized spacial score (nSPS) is 18.6. The minimum absolute atomic E-state index is 0.324. The molecule has 2 aliphatic rings. The predicted molar refractivity (Wildman–Crippen MR) is 203 cm³/mol. The molecule has 0 N–H and O–H groups in total. The van der Waals surface area contributed by atoms with E-state index < -0.39 is 15.8 Å². The first-order chi connectivity index (χ1) is 22.7. The van der Waals surface area contributed by atoms with Gasteiger partial charge < -0.3 is 4.74 Å². The van der Waals surface area contributed by atoms with Gasteiger partial charge in [0.1, 0.15) is 22.5 Å². The molecule has 1 saturated carbocycles. The van der Waals surface area contributed by atoms with E-state index >= 15 is 0 Å². The molecule has 1 heterocycles. The zero-order valence-corrected chi connectivity index (χ0v) is 31.2. The number of aliphatic imine (C=N–C) groups is 1. The minimum Gasteiger partial charge on any atom is -0.0620 e. The number of hydrogen-bond acceptors (Lipinski definition) is 2. The molecule has 5 aromatic rings.